The van der Waals surface area contributed by atoms with Crippen LogP contribution < -0.4 is 4.90 Å². The van der Waals surface area contributed by atoms with E-state index in [-0.39, 0.29) is 5.76 Å². The van der Waals surface area contributed by atoms with Crippen molar-refractivity contribution in [3.8, 4) is 11.3 Å². The maximum absolute atomic E-state index is 10.9. The summed E-state index contributed by atoms with van der Waals surface area (Å²) >= 11 is 0. The molecule has 0 saturated carbocycles. The normalized spacial score (nSPS) is 16.0. The second-order valence-electron chi connectivity index (χ2n) is 6.39. The highest BCUT2D eigenvalue weighted by Gasteiger charge is 2.25. The van der Waals surface area contributed by atoms with E-state index in [1.54, 1.807) is 0 Å². The predicted molar refractivity (Wildman–Crippen MR) is 94.7 cm³/mol. The van der Waals surface area contributed by atoms with Gasteiger partial charge in [0.1, 0.15) is 5.69 Å². The van der Waals surface area contributed by atoms with Crippen LogP contribution in [0.15, 0.2) is 59.1 Å². The Bertz CT molecular complexity index is 915. The van der Waals surface area contributed by atoms with Gasteiger partial charge in [0.15, 0.2) is 0 Å². The van der Waals surface area contributed by atoms with Crippen molar-refractivity contribution in [1.82, 2.24) is 5.16 Å². The second-order valence-corrected chi connectivity index (χ2v) is 6.39. The summed E-state index contributed by atoms with van der Waals surface area (Å²) in [4.78, 5) is 13.3. The average molecular weight is 334 g/mol. The van der Waals surface area contributed by atoms with Crippen LogP contribution in [0.2, 0.25) is 0 Å². The van der Waals surface area contributed by atoms with Gasteiger partial charge in [-0.25, -0.2) is 4.79 Å². The molecule has 1 atom stereocenters. The van der Waals surface area contributed by atoms with Crippen LogP contribution >= 0.6 is 0 Å². The summed E-state index contributed by atoms with van der Waals surface area (Å²) in [5, 5.41) is 12.7. The Balaban J connectivity index is 1.54. The zero-order valence-corrected chi connectivity index (χ0v) is 13.8. The molecule has 1 aliphatic heterocycles. The molecule has 0 saturated heterocycles. The Kier molecular flexibility index (Phi) is 3.76. The molecule has 1 aliphatic rings. The Hall–Kier alpha value is -3.08. The van der Waals surface area contributed by atoms with Gasteiger partial charge in [-0.3, -0.25) is 0 Å². The van der Waals surface area contributed by atoms with Gasteiger partial charge in [0.2, 0.25) is 5.76 Å². The van der Waals surface area contributed by atoms with Crippen LogP contribution in [0, 0.1) is 0 Å². The SMILES string of the molecule is CC1Cc2ccccc2N1Cc1ccc(-c2cc(C(=O)O)on2)cc1. The number of benzene rings is 2. The molecular formula is C20H18N2O3. The van der Waals surface area contributed by atoms with E-state index in [0.717, 1.165) is 18.5 Å². The van der Waals surface area contributed by atoms with Gasteiger partial charge >= 0.3 is 5.97 Å². The van der Waals surface area contributed by atoms with Crippen LogP contribution in [0.3, 0.4) is 0 Å². The number of nitrogens with zero attached hydrogens (tertiary/aromatic N) is 2. The number of fused-ring (bicyclic) bond motifs is 1. The monoisotopic (exact) mass is 334 g/mol. The minimum atomic E-state index is -1.11. The zero-order chi connectivity index (χ0) is 17.4. The highest BCUT2D eigenvalue weighted by Crippen LogP contribution is 2.33. The molecule has 0 radical (unpaired) electrons. The molecule has 1 aromatic heterocycles. The van der Waals surface area contributed by atoms with Crippen LogP contribution in [-0.2, 0) is 13.0 Å². The highest BCUT2D eigenvalue weighted by molar-refractivity contribution is 5.85. The minimum Gasteiger partial charge on any atom is -0.475 e. The topological polar surface area (TPSA) is 66.6 Å². The lowest BCUT2D eigenvalue weighted by molar-refractivity contribution is 0.0652. The van der Waals surface area contributed by atoms with E-state index in [1.807, 2.05) is 12.1 Å². The summed E-state index contributed by atoms with van der Waals surface area (Å²) < 4.78 is 4.81. The quantitative estimate of drug-likeness (QED) is 0.781. The van der Waals surface area contributed by atoms with Crippen molar-refractivity contribution >= 4 is 11.7 Å². The number of para-hydroxylation sites is 1. The van der Waals surface area contributed by atoms with Gasteiger partial charge in [-0.05, 0) is 30.5 Å². The minimum absolute atomic E-state index is 0.151. The average Bonchev–Trinajstić information content (AvgIpc) is 3.22. The highest BCUT2D eigenvalue weighted by atomic mass is 16.5. The van der Waals surface area contributed by atoms with Crippen molar-refractivity contribution in [3.05, 3.63) is 71.5 Å². The van der Waals surface area contributed by atoms with E-state index in [0.29, 0.717) is 11.7 Å². The zero-order valence-electron chi connectivity index (χ0n) is 13.8. The van der Waals surface area contributed by atoms with Crippen molar-refractivity contribution in [2.45, 2.75) is 25.9 Å². The predicted octanol–water partition coefficient (Wildman–Crippen LogP) is 3.99. The molecule has 4 rings (SSSR count). The fourth-order valence-electron chi connectivity index (χ4n) is 3.36. The van der Waals surface area contributed by atoms with E-state index in [4.69, 9.17) is 9.63 Å². The van der Waals surface area contributed by atoms with Gasteiger partial charge in [-0.1, -0.05) is 47.6 Å². The van der Waals surface area contributed by atoms with E-state index < -0.39 is 5.97 Å². The molecule has 1 N–H and O–H groups in total. The molecule has 2 heterocycles. The molecule has 5 nitrogen and oxygen atoms in total. The molecule has 0 spiro atoms. The third kappa shape index (κ3) is 2.89. The van der Waals surface area contributed by atoms with Gasteiger partial charge in [-0.2, -0.15) is 0 Å². The van der Waals surface area contributed by atoms with Crippen LogP contribution in [0.25, 0.3) is 11.3 Å². The Morgan fingerprint density at radius 2 is 2.00 bits per heavy atom. The molecule has 1 unspecified atom stereocenters. The van der Waals surface area contributed by atoms with Crippen LogP contribution in [0.4, 0.5) is 5.69 Å². The number of hydrogen-bond donors (Lipinski definition) is 1. The summed E-state index contributed by atoms with van der Waals surface area (Å²) in [5.41, 5.74) is 5.28. The molecule has 5 heteroatoms. The molecule has 0 amide bonds. The Morgan fingerprint density at radius 3 is 2.72 bits per heavy atom. The third-order valence-electron chi connectivity index (χ3n) is 4.67. The summed E-state index contributed by atoms with van der Waals surface area (Å²) in [5.74, 6) is -1.27. The number of carboxylic acid groups (broad SMARTS) is 1. The number of aromatic carboxylic acids is 1. The number of aromatic nitrogens is 1. The van der Waals surface area contributed by atoms with Gasteiger partial charge in [0.25, 0.3) is 0 Å². The van der Waals surface area contributed by atoms with Crippen LogP contribution in [0.1, 0.15) is 28.6 Å². The first-order valence-corrected chi connectivity index (χ1v) is 8.25. The first kappa shape index (κ1) is 15.4. The maximum atomic E-state index is 10.9. The van der Waals surface area contributed by atoms with Crippen molar-refractivity contribution < 1.29 is 14.4 Å². The molecule has 0 bridgehead atoms. The number of rotatable bonds is 4. The first-order valence-electron chi connectivity index (χ1n) is 8.25. The first-order chi connectivity index (χ1) is 12.1. The Labute approximate surface area is 145 Å². The number of hydrogen-bond acceptors (Lipinski definition) is 4. The number of anilines is 1. The van der Waals surface area contributed by atoms with Crippen molar-refractivity contribution in [2.24, 2.45) is 0 Å². The van der Waals surface area contributed by atoms with Crippen LogP contribution in [-0.4, -0.2) is 22.3 Å². The van der Waals surface area contributed by atoms with Gasteiger partial charge in [0.05, 0.1) is 0 Å². The molecule has 2 aromatic carbocycles. The van der Waals surface area contributed by atoms with Crippen molar-refractivity contribution in [3.63, 3.8) is 0 Å². The summed E-state index contributed by atoms with van der Waals surface area (Å²) in [6.07, 6.45) is 1.07. The largest absolute Gasteiger partial charge is 0.475 e. The summed E-state index contributed by atoms with van der Waals surface area (Å²) in [6.45, 7) is 3.09. The van der Waals surface area contributed by atoms with Crippen LogP contribution in [0.5, 0.6) is 0 Å². The standard InChI is InChI=1S/C20H18N2O3/c1-13-10-16-4-2-3-5-18(16)22(13)12-14-6-8-15(9-7-14)17-11-19(20(23)24)25-21-17/h2-9,11,13H,10,12H2,1H3,(H,23,24). The number of carbonyl (C=O) groups is 1. The fourth-order valence-corrected chi connectivity index (χ4v) is 3.36. The molecule has 0 fully saturated rings. The maximum Gasteiger partial charge on any atom is 0.374 e. The van der Waals surface area contributed by atoms with Gasteiger partial charge < -0.3 is 14.5 Å². The van der Waals surface area contributed by atoms with E-state index in [1.165, 1.54) is 22.9 Å². The lowest BCUT2D eigenvalue weighted by atomic mass is 10.1. The molecule has 126 valence electrons. The van der Waals surface area contributed by atoms with E-state index in [2.05, 4.69) is 53.4 Å². The van der Waals surface area contributed by atoms with Gasteiger partial charge in [0, 0.05) is 29.9 Å². The molecule has 3 aromatic rings. The number of carboxylic acids is 1. The fraction of sp³-hybridized carbons (Fsp3) is 0.200. The third-order valence-corrected chi connectivity index (χ3v) is 4.67. The lowest BCUT2D eigenvalue weighted by Crippen LogP contribution is -2.28. The van der Waals surface area contributed by atoms with Crippen molar-refractivity contribution in [1.29, 1.82) is 0 Å². The van der Waals surface area contributed by atoms with Gasteiger partial charge in [-0.15, -0.1) is 0 Å². The smallest absolute Gasteiger partial charge is 0.374 e. The molecule has 25 heavy (non-hydrogen) atoms. The van der Waals surface area contributed by atoms with Crippen molar-refractivity contribution in [2.75, 3.05) is 4.90 Å². The second kappa shape index (κ2) is 6.09. The summed E-state index contributed by atoms with van der Waals surface area (Å²) in [6, 6.07) is 18.5. The summed E-state index contributed by atoms with van der Waals surface area (Å²) in [7, 11) is 0. The van der Waals surface area contributed by atoms with E-state index >= 15 is 0 Å². The van der Waals surface area contributed by atoms with E-state index in [9.17, 15) is 4.79 Å². The molecule has 0 aliphatic carbocycles. The Morgan fingerprint density at radius 1 is 1.24 bits per heavy atom. The molecular weight excluding hydrogens is 316 g/mol. The lowest BCUT2D eigenvalue weighted by Gasteiger charge is -2.25.